The molecular weight excluding hydrogens is 538 g/mol. The second-order valence-electron chi connectivity index (χ2n) is 11.9. The maximum atomic E-state index is 14.5. The lowest BCUT2D eigenvalue weighted by Gasteiger charge is -2.34. The number of carbonyl (C=O) groups is 3. The van der Waals surface area contributed by atoms with Crippen LogP contribution in [0.3, 0.4) is 0 Å². The Hall–Kier alpha value is -4.13. The molecule has 3 aromatic rings. The quantitative estimate of drug-likeness (QED) is 0.188. The van der Waals surface area contributed by atoms with Crippen molar-refractivity contribution in [1.29, 1.82) is 0 Å². The number of nitrogens with zero attached hydrogens (tertiary/aromatic N) is 1. The van der Waals surface area contributed by atoms with E-state index in [9.17, 15) is 14.4 Å². The van der Waals surface area contributed by atoms with Crippen LogP contribution >= 0.6 is 0 Å². The van der Waals surface area contributed by atoms with Gasteiger partial charge in [0.15, 0.2) is 0 Å². The van der Waals surface area contributed by atoms with Crippen molar-refractivity contribution in [3.05, 3.63) is 108 Å². The Morgan fingerprint density at radius 3 is 1.91 bits per heavy atom. The number of amides is 3. The van der Waals surface area contributed by atoms with Gasteiger partial charge in [-0.1, -0.05) is 124 Å². The maximum Gasteiger partial charge on any atom is 0.408 e. The predicted molar refractivity (Wildman–Crippen MR) is 171 cm³/mol. The van der Waals surface area contributed by atoms with Crippen molar-refractivity contribution in [3.8, 4) is 0 Å². The van der Waals surface area contributed by atoms with E-state index >= 15 is 0 Å². The third kappa shape index (κ3) is 11.6. The van der Waals surface area contributed by atoms with Crippen LogP contribution in [0.15, 0.2) is 91.0 Å². The molecule has 0 aliphatic rings. The zero-order chi connectivity index (χ0) is 31.1. The molecule has 0 fully saturated rings. The molecule has 0 radical (unpaired) electrons. The van der Waals surface area contributed by atoms with Gasteiger partial charge in [0.05, 0.1) is 0 Å². The zero-order valence-corrected chi connectivity index (χ0v) is 26.1. The van der Waals surface area contributed by atoms with Crippen molar-refractivity contribution in [1.82, 2.24) is 15.5 Å². The van der Waals surface area contributed by atoms with Crippen LogP contribution in [-0.4, -0.2) is 41.0 Å². The van der Waals surface area contributed by atoms with Crippen molar-refractivity contribution in [2.75, 3.05) is 6.54 Å². The van der Waals surface area contributed by atoms with Gasteiger partial charge in [-0.3, -0.25) is 9.59 Å². The van der Waals surface area contributed by atoms with E-state index in [1.165, 1.54) is 0 Å². The summed E-state index contributed by atoms with van der Waals surface area (Å²) in [5.74, 6) is -0.596. The number of hydrogen-bond acceptors (Lipinski definition) is 4. The zero-order valence-electron chi connectivity index (χ0n) is 26.1. The van der Waals surface area contributed by atoms with E-state index in [-0.39, 0.29) is 18.2 Å². The fourth-order valence-corrected chi connectivity index (χ4v) is 4.94. The molecule has 2 atom stereocenters. The summed E-state index contributed by atoms with van der Waals surface area (Å²) in [4.78, 5) is 43.1. The van der Waals surface area contributed by atoms with Gasteiger partial charge in [0.25, 0.3) is 0 Å². The van der Waals surface area contributed by atoms with Crippen LogP contribution in [0.5, 0.6) is 0 Å². The van der Waals surface area contributed by atoms with E-state index in [1.54, 1.807) is 25.7 Å². The van der Waals surface area contributed by atoms with Crippen molar-refractivity contribution in [2.24, 2.45) is 0 Å². The van der Waals surface area contributed by atoms with Crippen LogP contribution in [0.1, 0.15) is 82.5 Å². The molecule has 0 heterocycles. The number of rotatable bonds is 15. The smallest absolute Gasteiger partial charge is 0.408 e. The highest BCUT2D eigenvalue weighted by molar-refractivity contribution is 5.92. The number of hydrogen-bond donors (Lipinski definition) is 2. The third-order valence-corrected chi connectivity index (χ3v) is 7.04. The minimum atomic E-state index is -0.930. The summed E-state index contributed by atoms with van der Waals surface area (Å²) in [5.41, 5.74) is 1.84. The highest BCUT2D eigenvalue weighted by Gasteiger charge is 2.36. The molecule has 0 saturated heterocycles. The highest BCUT2D eigenvalue weighted by Crippen LogP contribution is 2.25. The van der Waals surface area contributed by atoms with Crippen molar-refractivity contribution >= 4 is 17.9 Å². The van der Waals surface area contributed by atoms with E-state index in [1.807, 2.05) is 91.0 Å². The van der Waals surface area contributed by atoms with Crippen molar-refractivity contribution in [2.45, 2.75) is 90.4 Å². The lowest BCUT2D eigenvalue weighted by Crippen LogP contribution is -2.54. The number of carbonyl (C=O) groups excluding carboxylic acids is 3. The average molecular weight is 586 g/mol. The Kier molecular flexibility index (Phi) is 13.3. The van der Waals surface area contributed by atoms with Crippen LogP contribution in [0, 0.1) is 0 Å². The SMILES string of the molecule is CCCCCCCN(C(=O)C(Cc1ccccc1)NC(=O)OC(C)(C)C)C(C(=O)NCc1ccccc1)c1ccccc1. The first-order valence-electron chi connectivity index (χ1n) is 15.4. The summed E-state index contributed by atoms with van der Waals surface area (Å²) in [5, 5.41) is 5.89. The van der Waals surface area contributed by atoms with Crippen LogP contribution in [0.4, 0.5) is 4.79 Å². The first-order chi connectivity index (χ1) is 20.7. The maximum absolute atomic E-state index is 14.5. The van der Waals surface area contributed by atoms with Gasteiger partial charge in [-0.2, -0.15) is 0 Å². The summed E-state index contributed by atoms with van der Waals surface area (Å²) in [7, 11) is 0. The van der Waals surface area contributed by atoms with Crippen molar-refractivity contribution < 1.29 is 19.1 Å². The lowest BCUT2D eigenvalue weighted by atomic mass is 9.99. The highest BCUT2D eigenvalue weighted by atomic mass is 16.6. The Labute approximate surface area is 257 Å². The molecule has 43 heavy (non-hydrogen) atoms. The first-order valence-corrected chi connectivity index (χ1v) is 15.4. The third-order valence-electron chi connectivity index (χ3n) is 7.04. The molecule has 0 bridgehead atoms. The number of alkyl carbamates (subject to hydrolysis) is 1. The van der Waals surface area contributed by atoms with Gasteiger partial charge in [0.1, 0.15) is 17.7 Å². The van der Waals surface area contributed by atoms with Gasteiger partial charge in [0, 0.05) is 19.5 Å². The molecule has 2 unspecified atom stereocenters. The normalized spacial score (nSPS) is 12.6. The van der Waals surface area contributed by atoms with Crippen LogP contribution in [-0.2, 0) is 27.3 Å². The molecule has 230 valence electrons. The summed E-state index contributed by atoms with van der Waals surface area (Å²) in [6.07, 6.45) is 4.55. The van der Waals surface area contributed by atoms with Crippen molar-refractivity contribution in [3.63, 3.8) is 0 Å². The summed E-state index contributed by atoms with van der Waals surface area (Å²) >= 11 is 0. The second kappa shape index (κ2) is 17.1. The molecule has 0 aliphatic carbocycles. The lowest BCUT2D eigenvalue weighted by molar-refractivity contribution is -0.142. The molecule has 0 aromatic heterocycles. The summed E-state index contributed by atoms with van der Waals surface area (Å²) in [6.45, 7) is 8.23. The summed E-state index contributed by atoms with van der Waals surface area (Å²) < 4.78 is 5.54. The Morgan fingerprint density at radius 2 is 1.33 bits per heavy atom. The Morgan fingerprint density at radius 1 is 0.767 bits per heavy atom. The Balaban J connectivity index is 1.97. The fourth-order valence-electron chi connectivity index (χ4n) is 4.94. The monoisotopic (exact) mass is 585 g/mol. The molecule has 0 spiro atoms. The predicted octanol–water partition coefficient (Wildman–Crippen LogP) is 6.98. The largest absolute Gasteiger partial charge is 0.444 e. The second-order valence-corrected chi connectivity index (χ2v) is 11.9. The van der Waals surface area contributed by atoms with Crippen LogP contribution < -0.4 is 10.6 Å². The van der Waals surface area contributed by atoms with E-state index < -0.39 is 23.8 Å². The molecule has 0 aliphatic heterocycles. The van der Waals surface area contributed by atoms with E-state index in [2.05, 4.69) is 17.6 Å². The molecule has 0 saturated carbocycles. The van der Waals surface area contributed by atoms with Crippen LogP contribution in [0.2, 0.25) is 0 Å². The van der Waals surface area contributed by atoms with Gasteiger partial charge in [-0.05, 0) is 43.9 Å². The molecule has 3 aromatic carbocycles. The number of ether oxygens (including phenoxy) is 1. The van der Waals surface area contributed by atoms with Gasteiger partial charge in [-0.25, -0.2) is 4.79 Å². The van der Waals surface area contributed by atoms with Crippen LogP contribution in [0.25, 0.3) is 0 Å². The topological polar surface area (TPSA) is 87.7 Å². The minimum absolute atomic E-state index is 0.262. The minimum Gasteiger partial charge on any atom is -0.444 e. The van der Waals surface area contributed by atoms with E-state index in [4.69, 9.17) is 4.74 Å². The van der Waals surface area contributed by atoms with Gasteiger partial charge >= 0.3 is 6.09 Å². The molecule has 2 N–H and O–H groups in total. The number of benzene rings is 3. The van der Waals surface area contributed by atoms with Gasteiger partial charge in [0.2, 0.25) is 11.8 Å². The van der Waals surface area contributed by atoms with Gasteiger partial charge < -0.3 is 20.3 Å². The first kappa shape index (κ1) is 33.4. The average Bonchev–Trinajstić information content (AvgIpc) is 2.99. The molecule has 7 heteroatoms. The van der Waals surface area contributed by atoms with Gasteiger partial charge in [-0.15, -0.1) is 0 Å². The number of nitrogens with one attached hydrogen (secondary N) is 2. The van der Waals surface area contributed by atoms with E-state index in [0.29, 0.717) is 18.7 Å². The Bertz CT molecular complexity index is 1260. The number of unbranched alkanes of at least 4 members (excludes halogenated alkanes) is 4. The molecule has 3 rings (SSSR count). The molecule has 3 amide bonds. The standard InChI is InChI=1S/C36H47N3O4/c1-5-6-7-8-18-25-39(32(30-23-16-11-17-24-30)33(40)37-27-29-21-14-10-15-22-29)34(41)31(26-28-19-12-9-13-20-28)38-35(42)43-36(2,3)4/h9-17,19-24,31-32H,5-8,18,25-27H2,1-4H3,(H,37,40)(H,38,42). The molecule has 7 nitrogen and oxygen atoms in total. The van der Waals surface area contributed by atoms with E-state index in [0.717, 1.165) is 43.2 Å². The fraction of sp³-hybridized carbons (Fsp3) is 0.417. The summed E-state index contributed by atoms with van der Waals surface area (Å²) in [6, 6.07) is 26.8. The molecular formula is C36H47N3O4.